The molecule has 0 spiro atoms. The number of carbonyl (C=O) groups is 1. The van der Waals surface area contributed by atoms with Gasteiger partial charge in [0.1, 0.15) is 0 Å². The number of methoxy groups -OCH3 is 1. The van der Waals surface area contributed by atoms with Gasteiger partial charge in [-0.05, 0) is 17.7 Å². The van der Waals surface area contributed by atoms with Gasteiger partial charge in [0.15, 0.2) is 0 Å². The minimum absolute atomic E-state index is 0.0787. The molecule has 0 aliphatic heterocycles. The summed E-state index contributed by atoms with van der Waals surface area (Å²) in [7, 11) is 3.40. The van der Waals surface area contributed by atoms with Gasteiger partial charge in [0.2, 0.25) is 5.91 Å². The molecule has 0 unspecified atom stereocenters. The molecule has 1 aromatic carbocycles. The molecule has 4 nitrogen and oxygen atoms in total. The van der Waals surface area contributed by atoms with Crippen LogP contribution < -0.4 is 0 Å². The predicted molar refractivity (Wildman–Crippen MR) is 74.7 cm³/mol. The summed E-state index contributed by atoms with van der Waals surface area (Å²) in [5, 5.41) is 1.10. The van der Waals surface area contributed by atoms with Crippen molar-refractivity contribution >= 4 is 16.8 Å². The van der Waals surface area contributed by atoms with Crippen LogP contribution in [0.1, 0.15) is 12.0 Å². The van der Waals surface area contributed by atoms with E-state index < -0.39 is 0 Å². The molecule has 0 aliphatic rings. The Labute approximate surface area is 113 Å². The summed E-state index contributed by atoms with van der Waals surface area (Å²) in [5.74, 6) is 0.0787. The molecule has 0 radical (unpaired) electrons. The van der Waals surface area contributed by atoms with Gasteiger partial charge in [-0.25, -0.2) is 0 Å². The molecule has 1 amide bonds. The number of hydrogen-bond acceptors (Lipinski definition) is 3. The summed E-state index contributed by atoms with van der Waals surface area (Å²) in [6, 6.07) is 10.0. The molecule has 0 saturated carbocycles. The van der Waals surface area contributed by atoms with Crippen LogP contribution in [0.5, 0.6) is 0 Å². The highest BCUT2D eigenvalue weighted by molar-refractivity contribution is 5.79. The minimum Gasteiger partial charge on any atom is -0.384 e. The molecule has 19 heavy (non-hydrogen) atoms. The molecule has 2 aromatic rings. The van der Waals surface area contributed by atoms with Crippen molar-refractivity contribution in [2.75, 3.05) is 20.8 Å². The first kappa shape index (κ1) is 13.5. The molecular weight excluding hydrogens is 240 g/mol. The Kier molecular flexibility index (Phi) is 4.47. The van der Waals surface area contributed by atoms with Crippen molar-refractivity contribution in [2.45, 2.75) is 13.0 Å². The molecule has 100 valence electrons. The lowest BCUT2D eigenvalue weighted by molar-refractivity contribution is -0.131. The highest BCUT2D eigenvalue weighted by Gasteiger charge is 2.09. The third-order valence-electron chi connectivity index (χ3n) is 3.01. The number of rotatable bonds is 5. The summed E-state index contributed by atoms with van der Waals surface area (Å²) >= 11 is 0. The van der Waals surface area contributed by atoms with Crippen LogP contribution in [0.2, 0.25) is 0 Å². The van der Waals surface area contributed by atoms with Gasteiger partial charge in [0.25, 0.3) is 0 Å². The molecule has 0 atom stereocenters. The average Bonchev–Trinajstić information content (AvgIpc) is 2.44. The van der Waals surface area contributed by atoms with Gasteiger partial charge in [-0.1, -0.05) is 18.2 Å². The zero-order chi connectivity index (χ0) is 13.7. The van der Waals surface area contributed by atoms with E-state index in [9.17, 15) is 4.79 Å². The molecule has 0 aliphatic carbocycles. The van der Waals surface area contributed by atoms with Crippen LogP contribution >= 0.6 is 0 Å². The Balaban J connectivity index is 2.06. The van der Waals surface area contributed by atoms with Crippen molar-refractivity contribution < 1.29 is 9.53 Å². The lowest BCUT2D eigenvalue weighted by Crippen LogP contribution is -2.27. The monoisotopic (exact) mass is 258 g/mol. The largest absolute Gasteiger partial charge is 0.384 e. The molecular formula is C15H18N2O2. The van der Waals surface area contributed by atoms with E-state index in [0.717, 1.165) is 16.5 Å². The lowest BCUT2D eigenvalue weighted by Gasteiger charge is -2.17. The van der Waals surface area contributed by atoms with Gasteiger partial charge in [-0.3, -0.25) is 9.78 Å². The van der Waals surface area contributed by atoms with Gasteiger partial charge in [0.05, 0.1) is 18.5 Å². The predicted octanol–water partition coefficient (Wildman–Crippen LogP) is 2.23. The summed E-state index contributed by atoms with van der Waals surface area (Å²) in [6.45, 7) is 1.03. The van der Waals surface area contributed by atoms with Crippen LogP contribution in [-0.4, -0.2) is 36.6 Å². The number of ether oxygens (including phenoxy) is 1. The van der Waals surface area contributed by atoms with E-state index in [1.54, 1.807) is 19.1 Å². The summed E-state index contributed by atoms with van der Waals surface area (Å²) in [5.41, 5.74) is 2.01. The third-order valence-corrected chi connectivity index (χ3v) is 3.01. The van der Waals surface area contributed by atoms with Crippen molar-refractivity contribution in [3.8, 4) is 0 Å². The number of pyridine rings is 1. The molecule has 2 rings (SSSR count). The molecule has 0 bridgehead atoms. The lowest BCUT2D eigenvalue weighted by atomic mass is 10.1. The van der Waals surface area contributed by atoms with E-state index in [0.29, 0.717) is 19.6 Å². The smallest absolute Gasteiger partial charge is 0.224 e. The van der Waals surface area contributed by atoms with Crippen LogP contribution in [0.3, 0.4) is 0 Å². The fraction of sp³-hybridized carbons (Fsp3) is 0.333. The second-order valence-corrected chi connectivity index (χ2v) is 4.53. The van der Waals surface area contributed by atoms with Crippen LogP contribution in [-0.2, 0) is 16.1 Å². The van der Waals surface area contributed by atoms with Crippen LogP contribution in [0.15, 0.2) is 36.5 Å². The van der Waals surface area contributed by atoms with Crippen molar-refractivity contribution in [1.29, 1.82) is 0 Å². The maximum atomic E-state index is 11.8. The normalized spacial score (nSPS) is 10.6. The van der Waals surface area contributed by atoms with Gasteiger partial charge >= 0.3 is 0 Å². The first-order chi connectivity index (χ1) is 9.20. The van der Waals surface area contributed by atoms with E-state index in [1.165, 1.54) is 0 Å². The van der Waals surface area contributed by atoms with Crippen molar-refractivity contribution in [1.82, 2.24) is 9.88 Å². The van der Waals surface area contributed by atoms with Crippen LogP contribution in [0.25, 0.3) is 10.9 Å². The number of amides is 1. The molecule has 1 aromatic heterocycles. The second-order valence-electron chi connectivity index (χ2n) is 4.53. The highest BCUT2D eigenvalue weighted by Crippen LogP contribution is 2.13. The number of nitrogens with zero attached hydrogens (tertiary/aromatic N) is 2. The molecule has 0 saturated heterocycles. The van der Waals surface area contributed by atoms with Crippen molar-refractivity contribution in [2.24, 2.45) is 0 Å². The Morgan fingerprint density at radius 1 is 1.37 bits per heavy atom. The number of hydrogen-bond donors (Lipinski definition) is 0. The van der Waals surface area contributed by atoms with E-state index >= 15 is 0 Å². The molecule has 0 fully saturated rings. The minimum atomic E-state index is 0.0787. The standard InChI is InChI=1S/C15H18N2O2/c1-17(15(18)7-8-19-2)11-12-9-13-5-3-4-6-14(13)16-10-12/h3-6,9-10H,7-8,11H2,1-2H3. The van der Waals surface area contributed by atoms with Crippen molar-refractivity contribution in [3.05, 3.63) is 42.1 Å². The van der Waals surface area contributed by atoms with Gasteiger partial charge in [0, 0.05) is 32.3 Å². The quantitative estimate of drug-likeness (QED) is 0.826. The average molecular weight is 258 g/mol. The summed E-state index contributed by atoms with van der Waals surface area (Å²) < 4.78 is 4.91. The first-order valence-electron chi connectivity index (χ1n) is 6.27. The number of aromatic nitrogens is 1. The van der Waals surface area contributed by atoms with E-state index in [4.69, 9.17) is 4.74 Å². The Morgan fingerprint density at radius 3 is 2.95 bits per heavy atom. The summed E-state index contributed by atoms with van der Waals surface area (Å²) in [6.07, 6.45) is 2.23. The fourth-order valence-electron chi connectivity index (χ4n) is 1.95. The number of fused-ring (bicyclic) bond motifs is 1. The second kappa shape index (κ2) is 6.29. The van der Waals surface area contributed by atoms with Crippen molar-refractivity contribution in [3.63, 3.8) is 0 Å². The molecule has 4 heteroatoms. The van der Waals surface area contributed by atoms with Crippen LogP contribution in [0.4, 0.5) is 0 Å². The Hall–Kier alpha value is -1.94. The zero-order valence-electron chi connectivity index (χ0n) is 11.3. The highest BCUT2D eigenvalue weighted by atomic mass is 16.5. The van der Waals surface area contributed by atoms with Gasteiger partial charge < -0.3 is 9.64 Å². The SMILES string of the molecule is COCCC(=O)N(C)Cc1cnc2ccccc2c1. The van der Waals surface area contributed by atoms with Gasteiger partial charge in [-0.15, -0.1) is 0 Å². The fourth-order valence-corrected chi connectivity index (χ4v) is 1.95. The molecule has 0 N–H and O–H groups in total. The van der Waals surface area contributed by atoms with Gasteiger partial charge in [-0.2, -0.15) is 0 Å². The van der Waals surface area contributed by atoms with Crippen LogP contribution in [0, 0.1) is 0 Å². The zero-order valence-corrected chi connectivity index (χ0v) is 11.3. The maximum absolute atomic E-state index is 11.8. The number of carbonyl (C=O) groups excluding carboxylic acids is 1. The van der Waals surface area contributed by atoms with E-state index in [2.05, 4.69) is 11.1 Å². The maximum Gasteiger partial charge on any atom is 0.224 e. The first-order valence-corrected chi connectivity index (χ1v) is 6.27. The van der Waals surface area contributed by atoms with E-state index in [1.807, 2.05) is 30.5 Å². The van der Waals surface area contributed by atoms with E-state index in [-0.39, 0.29) is 5.91 Å². The summed E-state index contributed by atoms with van der Waals surface area (Å²) in [4.78, 5) is 17.9. The Morgan fingerprint density at radius 2 is 2.16 bits per heavy atom. The number of benzene rings is 1. The topological polar surface area (TPSA) is 42.4 Å². The third kappa shape index (κ3) is 3.51. The number of para-hydroxylation sites is 1. The molecule has 1 heterocycles. The Bertz CT molecular complexity index is 569.